The zero-order valence-corrected chi connectivity index (χ0v) is 29.3. The van der Waals surface area contributed by atoms with Gasteiger partial charge in [0.15, 0.2) is 0 Å². The van der Waals surface area contributed by atoms with Gasteiger partial charge in [-0.25, -0.2) is 4.98 Å². The number of hydrogen-bond acceptors (Lipinski definition) is 6. The van der Waals surface area contributed by atoms with Gasteiger partial charge >= 0.3 is 5.97 Å². The van der Waals surface area contributed by atoms with E-state index >= 15 is 0 Å². The zero-order valence-electron chi connectivity index (χ0n) is 26.1. The lowest BCUT2D eigenvalue weighted by atomic mass is 9.89. The van der Waals surface area contributed by atoms with Crippen LogP contribution in [0.4, 0.5) is 0 Å². The van der Waals surface area contributed by atoms with Crippen molar-refractivity contribution in [2.24, 2.45) is 18.9 Å². The molecule has 1 aliphatic heterocycles. The molecule has 4 unspecified atom stereocenters. The summed E-state index contributed by atoms with van der Waals surface area (Å²) < 4.78 is 15.2. The molecule has 2 heterocycles. The van der Waals surface area contributed by atoms with Gasteiger partial charge in [0.2, 0.25) is 0 Å². The number of ether oxygens (including phenoxy) is 2. The largest absolute Gasteiger partial charge is 0.455 e. The predicted octanol–water partition coefficient (Wildman–Crippen LogP) is 8.30. The third kappa shape index (κ3) is 15.0. The van der Waals surface area contributed by atoms with Crippen molar-refractivity contribution in [3.05, 3.63) is 20.6 Å². The van der Waals surface area contributed by atoms with E-state index in [2.05, 4.69) is 36.8 Å². The molecule has 0 aliphatic carbocycles. The minimum atomic E-state index is -0.653. The van der Waals surface area contributed by atoms with Crippen molar-refractivity contribution in [1.29, 1.82) is 0 Å². The Morgan fingerprint density at radius 2 is 1.62 bits per heavy atom. The molecule has 5 atom stereocenters. The average Bonchev–Trinajstić information content (AvgIpc) is 3.18. The number of imidazole rings is 1. The van der Waals surface area contributed by atoms with E-state index in [-0.39, 0.29) is 49.1 Å². The second-order valence-electron chi connectivity index (χ2n) is 9.21. The minimum Gasteiger partial charge on any atom is -0.455 e. The van der Waals surface area contributed by atoms with Gasteiger partial charge < -0.3 is 19.1 Å². The van der Waals surface area contributed by atoms with Crippen LogP contribution in [0.2, 0.25) is 0 Å². The fraction of sp³-hybridized carbons (Fsp3) is 0.767. The van der Waals surface area contributed by atoms with E-state index in [0.717, 1.165) is 29.4 Å². The normalized spacial score (nSPS) is 25.6. The molecule has 1 fully saturated rings. The maximum absolute atomic E-state index is 12.6. The maximum Gasteiger partial charge on any atom is 0.306 e. The number of cyclic esters (lactones) is 1. The smallest absolute Gasteiger partial charge is 0.306 e. The highest BCUT2D eigenvalue weighted by Gasteiger charge is 2.25. The molecule has 0 radical (unpaired) electrons. The van der Waals surface area contributed by atoms with Crippen LogP contribution in [0.5, 0.6) is 0 Å². The van der Waals surface area contributed by atoms with E-state index in [1.165, 1.54) is 0 Å². The van der Waals surface area contributed by atoms with Crippen LogP contribution in [-0.4, -0.2) is 51.3 Å². The van der Waals surface area contributed by atoms with Crippen LogP contribution in [0.1, 0.15) is 114 Å². The van der Waals surface area contributed by atoms with E-state index < -0.39 is 12.2 Å². The molecule has 0 aromatic carbocycles. The Balaban J connectivity index is 0. The Bertz CT molecular complexity index is 857. The Morgan fingerprint density at radius 1 is 1.03 bits per heavy atom. The van der Waals surface area contributed by atoms with Gasteiger partial charge in [-0.2, -0.15) is 0 Å². The summed E-state index contributed by atoms with van der Waals surface area (Å²) in [5.41, 5.74) is 0.825. The zero-order chi connectivity index (χ0) is 30.7. The number of aromatic nitrogens is 2. The van der Waals surface area contributed by atoms with Crippen molar-refractivity contribution in [2.45, 2.75) is 126 Å². The molecule has 228 valence electrons. The van der Waals surface area contributed by atoms with Gasteiger partial charge in [0, 0.05) is 25.8 Å². The SMILES string of the molecule is C/C(=C\c1nc(Br)c(Br)n1C)C1COC(C)CCC[C@H](C)C(O)CC(=O)C(C)CCC(=O)O1.CC.CC.CC. The highest BCUT2D eigenvalue weighted by Crippen LogP contribution is 2.25. The second kappa shape index (κ2) is 22.6. The van der Waals surface area contributed by atoms with Gasteiger partial charge in [-0.3, -0.25) is 9.59 Å². The van der Waals surface area contributed by atoms with Gasteiger partial charge in [0.1, 0.15) is 26.9 Å². The topological polar surface area (TPSA) is 90.6 Å². The Morgan fingerprint density at radius 3 is 2.15 bits per heavy atom. The predicted molar refractivity (Wildman–Crippen MR) is 169 cm³/mol. The summed E-state index contributed by atoms with van der Waals surface area (Å²) >= 11 is 6.89. The van der Waals surface area contributed by atoms with Crippen LogP contribution in [-0.2, 0) is 26.1 Å². The standard InChI is InChI=1S/C24H36Br2N2O5.3C2H6/c1-14-7-6-8-17(4)32-13-20(16(3)11-21-27-23(25)24(26)28(21)5)33-22(31)10-9-15(2)19(30)12-18(14)29;3*1-2/h11,14-15,17-18,20,29H,6-10,12-13H2,1-5H3;3*1-2H3/b16-11+;;;/t14-,15?,17?,18?,20?;;;/m0.../s1. The second-order valence-corrected chi connectivity index (χ2v) is 10.7. The maximum atomic E-state index is 12.6. The molecule has 0 amide bonds. The number of aliphatic hydroxyl groups is 1. The first-order valence-corrected chi connectivity index (χ1v) is 16.2. The molecule has 1 aromatic heterocycles. The van der Waals surface area contributed by atoms with E-state index in [9.17, 15) is 14.7 Å². The number of ketones is 1. The van der Waals surface area contributed by atoms with Gasteiger partial charge in [-0.05, 0) is 82.5 Å². The highest BCUT2D eigenvalue weighted by atomic mass is 79.9. The number of carbonyl (C=O) groups excluding carboxylic acids is 2. The molecule has 1 saturated heterocycles. The fourth-order valence-corrected chi connectivity index (χ4v) is 4.44. The molecule has 9 heteroatoms. The summed E-state index contributed by atoms with van der Waals surface area (Å²) in [4.78, 5) is 29.6. The van der Waals surface area contributed by atoms with E-state index in [4.69, 9.17) is 9.47 Å². The van der Waals surface area contributed by atoms with Crippen molar-refractivity contribution >= 4 is 49.7 Å². The number of hydrogen-bond donors (Lipinski definition) is 1. The third-order valence-electron chi connectivity index (χ3n) is 6.36. The van der Waals surface area contributed by atoms with Crippen molar-refractivity contribution < 1.29 is 24.2 Å². The molecular weight excluding hydrogens is 628 g/mol. The first-order chi connectivity index (χ1) is 18.5. The summed E-state index contributed by atoms with van der Waals surface area (Å²) in [7, 11) is 1.89. The molecule has 39 heavy (non-hydrogen) atoms. The molecule has 0 spiro atoms. The van der Waals surface area contributed by atoms with Crippen LogP contribution < -0.4 is 0 Å². The molecule has 7 nitrogen and oxygen atoms in total. The summed E-state index contributed by atoms with van der Waals surface area (Å²) in [6.45, 7) is 19.9. The number of rotatable bonds is 2. The number of esters is 1. The van der Waals surface area contributed by atoms with E-state index in [1.54, 1.807) is 6.92 Å². The Hall–Kier alpha value is -1.03. The Kier molecular flexibility index (Phi) is 23.3. The molecule has 1 aliphatic rings. The molecule has 0 saturated carbocycles. The van der Waals surface area contributed by atoms with Crippen molar-refractivity contribution in [3.63, 3.8) is 0 Å². The van der Waals surface area contributed by atoms with E-state index in [1.807, 2.05) is 80.0 Å². The van der Waals surface area contributed by atoms with Gasteiger partial charge in [-0.1, -0.05) is 61.8 Å². The molecule has 2 rings (SSSR count). The number of carbonyl (C=O) groups is 2. The number of halogens is 2. The first-order valence-electron chi connectivity index (χ1n) is 14.6. The van der Waals surface area contributed by atoms with Gasteiger partial charge in [0.05, 0.1) is 18.8 Å². The van der Waals surface area contributed by atoms with Crippen molar-refractivity contribution in [1.82, 2.24) is 9.55 Å². The average molecular weight is 683 g/mol. The van der Waals surface area contributed by atoms with Crippen molar-refractivity contribution in [3.8, 4) is 0 Å². The van der Waals surface area contributed by atoms with Crippen LogP contribution in [0, 0.1) is 11.8 Å². The van der Waals surface area contributed by atoms with Crippen LogP contribution in [0.15, 0.2) is 14.8 Å². The van der Waals surface area contributed by atoms with Gasteiger partial charge in [-0.15, -0.1) is 0 Å². The fourth-order valence-electron chi connectivity index (χ4n) is 3.72. The quantitative estimate of drug-likeness (QED) is 0.316. The number of Topliss-reactive ketones (excluding diaryl/α,β-unsaturated/α-hetero) is 1. The highest BCUT2D eigenvalue weighted by molar-refractivity contribution is 9.13. The van der Waals surface area contributed by atoms with Crippen LogP contribution in [0.25, 0.3) is 6.08 Å². The monoisotopic (exact) mass is 680 g/mol. The van der Waals surface area contributed by atoms with E-state index in [0.29, 0.717) is 16.8 Å². The lowest BCUT2D eigenvalue weighted by Crippen LogP contribution is -2.29. The van der Waals surface area contributed by atoms with Crippen LogP contribution >= 0.6 is 31.9 Å². The number of nitrogens with zero attached hydrogens (tertiary/aromatic N) is 2. The van der Waals surface area contributed by atoms with Crippen molar-refractivity contribution in [2.75, 3.05) is 6.61 Å². The summed E-state index contributed by atoms with van der Waals surface area (Å²) in [6, 6.07) is 0. The van der Waals surface area contributed by atoms with Gasteiger partial charge in [0.25, 0.3) is 0 Å². The summed E-state index contributed by atoms with van der Waals surface area (Å²) in [6.07, 6.45) is 3.86. The summed E-state index contributed by atoms with van der Waals surface area (Å²) in [5.74, 6) is 0.0761. The molecule has 1 aromatic rings. The lowest BCUT2D eigenvalue weighted by Gasteiger charge is -2.24. The van der Waals surface area contributed by atoms with Crippen LogP contribution in [0.3, 0.4) is 0 Å². The molecular formula is C30H54Br2N2O5. The molecule has 1 N–H and O–H groups in total. The summed E-state index contributed by atoms with van der Waals surface area (Å²) in [5, 5.41) is 10.4. The number of aliphatic hydroxyl groups excluding tert-OH is 1. The Labute approximate surface area is 254 Å². The first kappa shape index (κ1) is 40.1. The lowest BCUT2D eigenvalue weighted by molar-refractivity contribution is -0.151. The molecule has 0 bridgehead atoms. The third-order valence-corrected chi connectivity index (χ3v) is 8.35. The minimum absolute atomic E-state index is 0.00971.